The SMILES string of the molecule is COc1cccc(CC(Br)c2cc(OC)cc(OC)c2)c1. The monoisotopic (exact) mass is 350 g/mol. The van der Waals surface area contributed by atoms with Crippen LogP contribution in [0.15, 0.2) is 42.5 Å². The minimum atomic E-state index is 0.175. The Balaban J connectivity index is 2.20. The lowest BCUT2D eigenvalue weighted by Gasteiger charge is -2.14. The van der Waals surface area contributed by atoms with Crippen LogP contribution in [0.25, 0.3) is 0 Å². The van der Waals surface area contributed by atoms with Crippen LogP contribution in [0, 0.1) is 0 Å². The molecule has 0 spiro atoms. The van der Waals surface area contributed by atoms with Crippen molar-refractivity contribution in [1.29, 1.82) is 0 Å². The molecule has 0 radical (unpaired) electrons. The summed E-state index contributed by atoms with van der Waals surface area (Å²) in [5.41, 5.74) is 2.33. The van der Waals surface area contributed by atoms with Crippen LogP contribution in [0.3, 0.4) is 0 Å². The van der Waals surface area contributed by atoms with E-state index in [-0.39, 0.29) is 4.83 Å². The van der Waals surface area contributed by atoms with Gasteiger partial charge in [0.05, 0.1) is 21.3 Å². The van der Waals surface area contributed by atoms with E-state index in [1.165, 1.54) is 5.56 Å². The summed E-state index contributed by atoms with van der Waals surface area (Å²) in [4.78, 5) is 0.175. The van der Waals surface area contributed by atoms with Gasteiger partial charge in [0.2, 0.25) is 0 Å². The number of benzene rings is 2. The Labute approximate surface area is 134 Å². The normalized spacial score (nSPS) is 11.8. The van der Waals surface area contributed by atoms with E-state index in [0.717, 1.165) is 29.2 Å². The van der Waals surface area contributed by atoms with Crippen LogP contribution in [-0.2, 0) is 6.42 Å². The van der Waals surface area contributed by atoms with Crippen LogP contribution < -0.4 is 14.2 Å². The van der Waals surface area contributed by atoms with Gasteiger partial charge in [-0.25, -0.2) is 0 Å². The molecule has 4 heteroatoms. The molecule has 0 heterocycles. The van der Waals surface area contributed by atoms with E-state index in [2.05, 4.69) is 22.0 Å². The molecule has 3 nitrogen and oxygen atoms in total. The van der Waals surface area contributed by atoms with Gasteiger partial charge in [-0.05, 0) is 41.8 Å². The molecule has 2 rings (SSSR count). The maximum absolute atomic E-state index is 5.31. The summed E-state index contributed by atoms with van der Waals surface area (Å²) in [6.45, 7) is 0. The van der Waals surface area contributed by atoms with E-state index in [4.69, 9.17) is 14.2 Å². The zero-order valence-corrected chi connectivity index (χ0v) is 14.0. The summed E-state index contributed by atoms with van der Waals surface area (Å²) in [5.74, 6) is 2.45. The third kappa shape index (κ3) is 4.14. The molecule has 0 fully saturated rings. The van der Waals surface area contributed by atoms with Crippen LogP contribution in [0.1, 0.15) is 16.0 Å². The minimum absolute atomic E-state index is 0.175. The Morgan fingerprint density at radius 2 is 1.48 bits per heavy atom. The smallest absolute Gasteiger partial charge is 0.122 e. The molecule has 2 aromatic rings. The van der Waals surface area contributed by atoms with E-state index in [9.17, 15) is 0 Å². The second-order valence-corrected chi connectivity index (χ2v) is 5.77. The van der Waals surface area contributed by atoms with Gasteiger partial charge in [0.25, 0.3) is 0 Å². The van der Waals surface area contributed by atoms with Gasteiger partial charge in [0, 0.05) is 10.9 Å². The second kappa shape index (κ2) is 7.36. The number of rotatable bonds is 6. The predicted molar refractivity (Wildman–Crippen MR) is 87.9 cm³/mol. The average Bonchev–Trinajstić information content (AvgIpc) is 2.54. The van der Waals surface area contributed by atoms with Gasteiger partial charge < -0.3 is 14.2 Å². The Bertz CT molecular complexity index is 576. The lowest BCUT2D eigenvalue weighted by atomic mass is 10.0. The number of methoxy groups -OCH3 is 3. The third-order valence-corrected chi connectivity index (χ3v) is 4.14. The summed E-state index contributed by atoms with van der Waals surface area (Å²) in [6.07, 6.45) is 0.855. The molecule has 0 saturated heterocycles. The van der Waals surface area contributed by atoms with E-state index in [0.29, 0.717) is 0 Å². The van der Waals surface area contributed by atoms with Crippen LogP contribution >= 0.6 is 15.9 Å². The maximum atomic E-state index is 5.31. The van der Waals surface area contributed by atoms with Gasteiger partial charge in [-0.1, -0.05) is 28.1 Å². The molecule has 0 bridgehead atoms. The van der Waals surface area contributed by atoms with Crippen LogP contribution in [0.2, 0.25) is 0 Å². The summed E-state index contributed by atoms with van der Waals surface area (Å²) < 4.78 is 15.9. The Morgan fingerprint density at radius 1 is 0.857 bits per heavy atom. The summed E-state index contributed by atoms with van der Waals surface area (Å²) >= 11 is 3.74. The first-order valence-electron chi connectivity index (χ1n) is 6.66. The van der Waals surface area contributed by atoms with Crippen molar-refractivity contribution in [3.8, 4) is 17.2 Å². The highest BCUT2D eigenvalue weighted by molar-refractivity contribution is 9.09. The van der Waals surface area contributed by atoms with Crippen molar-refractivity contribution < 1.29 is 14.2 Å². The Morgan fingerprint density at radius 3 is 2.05 bits per heavy atom. The first kappa shape index (κ1) is 15.7. The second-order valence-electron chi connectivity index (χ2n) is 4.67. The fourth-order valence-corrected chi connectivity index (χ4v) is 2.77. The summed E-state index contributed by atoms with van der Waals surface area (Å²) in [6, 6.07) is 14.0. The lowest BCUT2D eigenvalue weighted by Crippen LogP contribution is -1.98. The summed E-state index contributed by atoms with van der Waals surface area (Å²) in [7, 11) is 4.99. The lowest BCUT2D eigenvalue weighted by molar-refractivity contribution is 0.393. The van der Waals surface area contributed by atoms with Crippen LogP contribution in [0.4, 0.5) is 0 Å². The first-order valence-corrected chi connectivity index (χ1v) is 7.57. The van der Waals surface area contributed by atoms with E-state index in [1.54, 1.807) is 21.3 Å². The highest BCUT2D eigenvalue weighted by Crippen LogP contribution is 2.33. The maximum Gasteiger partial charge on any atom is 0.122 e. The number of ether oxygens (including phenoxy) is 3. The fourth-order valence-electron chi connectivity index (χ4n) is 2.13. The molecule has 21 heavy (non-hydrogen) atoms. The zero-order valence-electron chi connectivity index (χ0n) is 12.4. The van der Waals surface area contributed by atoms with Crippen molar-refractivity contribution >= 4 is 15.9 Å². The van der Waals surface area contributed by atoms with Gasteiger partial charge in [-0.3, -0.25) is 0 Å². The van der Waals surface area contributed by atoms with E-state index < -0.39 is 0 Å². The standard InChI is InChI=1S/C17H19BrO3/c1-19-14-6-4-5-12(7-14)8-17(18)13-9-15(20-2)11-16(10-13)21-3/h4-7,9-11,17H,8H2,1-3H3. The molecule has 1 unspecified atom stereocenters. The molecule has 0 aromatic heterocycles. The van der Waals surface area contributed by atoms with Gasteiger partial charge in [-0.15, -0.1) is 0 Å². The topological polar surface area (TPSA) is 27.7 Å². The third-order valence-electron chi connectivity index (χ3n) is 3.28. The summed E-state index contributed by atoms with van der Waals surface area (Å²) in [5, 5.41) is 0. The fraction of sp³-hybridized carbons (Fsp3) is 0.294. The van der Waals surface area contributed by atoms with Crippen molar-refractivity contribution in [3.63, 3.8) is 0 Å². The molecule has 1 atom stereocenters. The van der Waals surface area contributed by atoms with Crippen molar-refractivity contribution in [2.45, 2.75) is 11.2 Å². The van der Waals surface area contributed by atoms with Gasteiger partial charge in [0.1, 0.15) is 17.2 Å². The van der Waals surface area contributed by atoms with Crippen LogP contribution in [-0.4, -0.2) is 21.3 Å². The molecule has 0 N–H and O–H groups in total. The highest BCUT2D eigenvalue weighted by atomic mass is 79.9. The number of alkyl halides is 1. The molecule has 0 amide bonds. The molecular formula is C17H19BrO3. The molecule has 112 valence electrons. The van der Waals surface area contributed by atoms with Gasteiger partial charge in [-0.2, -0.15) is 0 Å². The first-order chi connectivity index (χ1) is 10.2. The minimum Gasteiger partial charge on any atom is -0.497 e. The van der Waals surface area contributed by atoms with Gasteiger partial charge in [0.15, 0.2) is 0 Å². The number of hydrogen-bond acceptors (Lipinski definition) is 3. The zero-order chi connectivity index (χ0) is 15.2. The number of hydrogen-bond donors (Lipinski definition) is 0. The molecule has 2 aromatic carbocycles. The molecular weight excluding hydrogens is 332 g/mol. The Kier molecular flexibility index (Phi) is 5.51. The Hall–Kier alpha value is -1.68. The molecule has 0 saturated carbocycles. The average molecular weight is 351 g/mol. The van der Waals surface area contributed by atoms with Crippen molar-refractivity contribution in [2.24, 2.45) is 0 Å². The van der Waals surface area contributed by atoms with Crippen molar-refractivity contribution in [1.82, 2.24) is 0 Å². The quantitative estimate of drug-likeness (QED) is 0.723. The molecule has 0 aliphatic rings. The van der Waals surface area contributed by atoms with Crippen molar-refractivity contribution in [2.75, 3.05) is 21.3 Å². The van der Waals surface area contributed by atoms with Crippen molar-refractivity contribution in [3.05, 3.63) is 53.6 Å². The molecule has 0 aliphatic carbocycles. The highest BCUT2D eigenvalue weighted by Gasteiger charge is 2.12. The van der Waals surface area contributed by atoms with E-state index >= 15 is 0 Å². The van der Waals surface area contributed by atoms with Crippen LogP contribution in [0.5, 0.6) is 17.2 Å². The van der Waals surface area contributed by atoms with E-state index in [1.807, 2.05) is 36.4 Å². The number of halogens is 1. The predicted octanol–water partition coefficient (Wildman–Crippen LogP) is 4.39. The molecule has 0 aliphatic heterocycles. The van der Waals surface area contributed by atoms with Gasteiger partial charge >= 0.3 is 0 Å². The largest absolute Gasteiger partial charge is 0.497 e.